The summed E-state index contributed by atoms with van der Waals surface area (Å²) >= 11 is 0. The molecule has 1 saturated heterocycles. The molecule has 1 amide bonds. The minimum absolute atomic E-state index is 0.0552. The number of carbonyl (C=O) groups excluding carboxylic acids is 1. The summed E-state index contributed by atoms with van der Waals surface area (Å²) in [7, 11) is 0. The Labute approximate surface area is 161 Å². The van der Waals surface area contributed by atoms with Gasteiger partial charge in [-0.1, -0.05) is 19.1 Å². The van der Waals surface area contributed by atoms with Gasteiger partial charge in [-0.25, -0.2) is 0 Å². The maximum Gasteiger partial charge on any atom is 0.262 e. The topological polar surface area (TPSA) is 50.8 Å². The molecule has 1 aliphatic rings. The van der Waals surface area contributed by atoms with Crippen LogP contribution in [0.1, 0.15) is 32.6 Å². The first-order chi connectivity index (χ1) is 13.3. The molecule has 0 atom stereocenters. The molecule has 5 nitrogen and oxygen atoms in total. The molecule has 1 fully saturated rings. The van der Waals surface area contributed by atoms with Crippen molar-refractivity contribution in [3.05, 3.63) is 48.5 Å². The Kier molecular flexibility index (Phi) is 6.97. The van der Waals surface area contributed by atoms with Gasteiger partial charge in [0.05, 0.1) is 6.61 Å². The highest BCUT2D eigenvalue weighted by Gasteiger charge is 2.11. The van der Waals surface area contributed by atoms with Crippen molar-refractivity contribution in [2.45, 2.75) is 32.6 Å². The molecule has 144 valence electrons. The van der Waals surface area contributed by atoms with Crippen LogP contribution in [0.4, 0.5) is 11.4 Å². The summed E-state index contributed by atoms with van der Waals surface area (Å²) in [5.74, 6) is 1.06. The lowest BCUT2D eigenvalue weighted by molar-refractivity contribution is -0.118. The van der Waals surface area contributed by atoms with Gasteiger partial charge in [0.25, 0.3) is 5.91 Å². The van der Waals surface area contributed by atoms with Gasteiger partial charge in [-0.3, -0.25) is 4.79 Å². The lowest BCUT2D eigenvalue weighted by Crippen LogP contribution is -2.29. The average molecular weight is 368 g/mol. The largest absolute Gasteiger partial charge is 0.490 e. The lowest BCUT2D eigenvalue weighted by atomic mass is 10.1. The van der Waals surface area contributed by atoms with Crippen molar-refractivity contribution in [3.8, 4) is 11.5 Å². The Morgan fingerprint density at radius 1 is 0.963 bits per heavy atom. The van der Waals surface area contributed by atoms with E-state index in [9.17, 15) is 4.79 Å². The van der Waals surface area contributed by atoms with Crippen LogP contribution >= 0.6 is 0 Å². The van der Waals surface area contributed by atoms with Gasteiger partial charge >= 0.3 is 0 Å². The second-order valence-corrected chi connectivity index (χ2v) is 6.73. The SMILES string of the molecule is CCCOc1ccccc1OCC(=O)Nc1ccc(N2CCCCC2)cc1. The van der Waals surface area contributed by atoms with E-state index >= 15 is 0 Å². The zero-order valence-electron chi connectivity index (χ0n) is 15.9. The molecule has 0 saturated carbocycles. The van der Waals surface area contributed by atoms with Gasteiger partial charge in [-0.05, 0) is 62.1 Å². The van der Waals surface area contributed by atoms with Crippen molar-refractivity contribution < 1.29 is 14.3 Å². The Balaban J connectivity index is 1.51. The third kappa shape index (κ3) is 5.64. The molecule has 1 N–H and O–H groups in total. The highest BCUT2D eigenvalue weighted by molar-refractivity contribution is 5.92. The first-order valence-corrected chi connectivity index (χ1v) is 9.76. The number of amides is 1. The fourth-order valence-electron chi connectivity index (χ4n) is 3.15. The monoisotopic (exact) mass is 368 g/mol. The molecule has 1 heterocycles. The number of nitrogens with zero attached hydrogens (tertiary/aromatic N) is 1. The number of carbonyl (C=O) groups is 1. The van der Waals surface area contributed by atoms with Gasteiger partial charge in [-0.2, -0.15) is 0 Å². The quantitative estimate of drug-likeness (QED) is 0.746. The lowest BCUT2D eigenvalue weighted by Gasteiger charge is -2.28. The van der Waals surface area contributed by atoms with Crippen molar-refractivity contribution in [2.75, 3.05) is 36.5 Å². The van der Waals surface area contributed by atoms with E-state index in [0.29, 0.717) is 18.1 Å². The molecule has 3 rings (SSSR count). The van der Waals surface area contributed by atoms with E-state index in [-0.39, 0.29) is 12.5 Å². The van der Waals surface area contributed by atoms with Crippen LogP contribution in [0.25, 0.3) is 0 Å². The highest BCUT2D eigenvalue weighted by atomic mass is 16.5. The van der Waals surface area contributed by atoms with E-state index in [1.807, 2.05) is 43.3 Å². The van der Waals surface area contributed by atoms with Crippen LogP contribution in [0.15, 0.2) is 48.5 Å². The van der Waals surface area contributed by atoms with E-state index in [1.165, 1.54) is 24.9 Å². The summed E-state index contributed by atoms with van der Waals surface area (Å²) in [6.45, 7) is 4.84. The van der Waals surface area contributed by atoms with Crippen LogP contribution in [0.5, 0.6) is 11.5 Å². The Morgan fingerprint density at radius 3 is 2.30 bits per heavy atom. The van der Waals surface area contributed by atoms with Gasteiger partial charge in [0.2, 0.25) is 0 Å². The van der Waals surface area contributed by atoms with Gasteiger partial charge in [0, 0.05) is 24.5 Å². The van der Waals surface area contributed by atoms with Crippen LogP contribution in [0.3, 0.4) is 0 Å². The smallest absolute Gasteiger partial charge is 0.262 e. The third-order valence-electron chi connectivity index (χ3n) is 4.54. The second-order valence-electron chi connectivity index (χ2n) is 6.73. The van der Waals surface area contributed by atoms with E-state index in [1.54, 1.807) is 0 Å². The predicted octanol–water partition coefficient (Wildman–Crippen LogP) is 4.48. The first-order valence-electron chi connectivity index (χ1n) is 9.76. The van der Waals surface area contributed by atoms with E-state index in [4.69, 9.17) is 9.47 Å². The first kappa shape index (κ1) is 19.1. The number of hydrogen-bond donors (Lipinski definition) is 1. The summed E-state index contributed by atoms with van der Waals surface area (Å²) in [4.78, 5) is 14.6. The van der Waals surface area contributed by atoms with Gasteiger partial charge in [0.15, 0.2) is 18.1 Å². The van der Waals surface area contributed by atoms with Crippen molar-refractivity contribution in [3.63, 3.8) is 0 Å². The maximum atomic E-state index is 12.2. The number of hydrogen-bond acceptors (Lipinski definition) is 4. The summed E-state index contributed by atoms with van der Waals surface area (Å²) in [5.41, 5.74) is 1.99. The molecule has 0 aliphatic carbocycles. The molecule has 1 aliphatic heterocycles. The summed E-state index contributed by atoms with van der Waals surface area (Å²) in [6.07, 6.45) is 4.73. The molecule has 2 aromatic rings. The number of para-hydroxylation sites is 2. The molecule has 0 bridgehead atoms. The summed E-state index contributed by atoms with van der Waals surface area (Å²) in [6, 6.07) is 15.4. The number of anilines is 2. The Hall–Kier alpha value is -2.69. The molecule has 2 aromatic carbocycles. The zero-order valence-corrected chi connectivity index (χ0v) is 15.9. The van der Waals surface area contributed by atoms with Crippen molar-refractivity contribution >= 4 is 17.3 Å². The number of piperidine rings is 1. The van der Waals surface area contributed by atoms with Crippen LogP contribution in [-0.2, 0) is 4.79 Å². The molecule has 5 heteroatoms. The molecular weight excluding hydrogens is 340 g/mol. The van der Waals surface area contributed by atoms with Crippen LogP contribution in [-0.4, -0.2) is 32.2 Å². The number of ether oxygens (including phenoxy) is 2. The number of benzene rings is 2. The number of rotatable bonds is 8. The van der Waals surface area contributed by atoms with Gasteiger partial charge < -0.3 is 19.7 Å². The molecule has 0 aromatic heterocycles. The van der Waals surface area contributed by atoms with Crippen molar-refractivity contribution in [1.82, 2.24) is 0 Å². The van der Waals surface area contributed by atoms with Gasteiger partial charge in [0.1, 0.15) is 0 Å². The normalized spacial score (nSPS) is 13.9. The highest BCUT2D eigenvalue weighted by Crippen LogP contribution is 2.26. The van der Waals surface area contributed by atoms with Crippen LogP contribution in [0, 0.1) is 0 Å². The second kappa shape index (κ2) is 9.86. The fourth-order valence-corrected chi connectivity index (χ4v) is 3.15. The van der Waals surface area contributed by atoms with E-state index in [0.717, 1.165) is 25.2 Å². The fraction of sp³-hybridized carbons (Fsp3) is 0.409. The van der Waals surface area contributed by atoms with Crippen LogP contribution in [0.2, 0.25) is 0 Å². The predicted molar refractivity (Wildman–Crippen MR) is 109 cm³/mol. The van der Waals surface area contributed by atoms with E-state index < -0.39 is 0 Å². The Bertz CT molecular complexity index is 725. The van der Waals surface area contributed by atoms with Crippen molar-refractivity contribution in [2.24, 2.45) is 0 Å². The molecule has 27 heavy (non-hydrogen) atoms. The average Bonchev–Trinajstić information content (AvgIpc) is 2.72. The van der Waals surface area contributed by atoms with E-state index in [2.05, 4.69) is 22.3 Å². The summed E-state index contributed by atoms with van der Waals surface area (Å²) in [5, 5.41) is 2.88. The van der Waals surface area contributed by atoms with Crippen LogP contribution < -0.4 is 19.7 Å². The minimum atomic E-state index is -0.189. The molecule has 0 unspecified atom stereocenters. The zero-order chi connectivity index (χ0) is 18.9. The van der Waals surface area contributed by atoms with Gasteiger partial charge in [-0.15, -0.1) is 0 Å². The molecule has 0 radical (unpaired) electrons. The summed E-state index contributed by atoms with van der Waals surface area (Å²) < 4.78 is 11.3. The molecular formula is C22H28N2O3. The third-order valence-corrected chi connectivity index (χ3v) is 4.54. The van der Waals surface area contributed by atoms with Crippen molar-refractivity contribution in [1.29, 1.82) is 0 Å². The number of nitrogens with one attached hydrogen (secondary N) is 1. The maximum absolute atomic E-state index is 12.2. The minimum Gasteiger partial charge on any atom is -0.490 e. The standard InChI is InChI=1S/C22H28N2O3/c1-2-16-26-20-8-4-5-9-21(20)27-17-22(25)23-18-10-12-19(13-11-18)24-14-6-3-7-15-24/h4-5,8-13H,2-3,6-7,14-17H2,1H3,(H,23,25). The Morgan fingerprint density at radius 2 is 1.63 bits per heavy atom. The molecule has 0 spiro atoms.